The standard InChI is InChI=1S/C33H32FN3O4S/c1-18-14-28(40-5)26(31(38)37-33(12-13-33)20(3)42-19(2)17-35)16-24(18)22-8-11-27-25(15-22)29(32(39)36-4)30(41-27)21-6-9-23(34)10-7-21/h6-11,14-17H,3,12-13,35H2,1-2,4-5H3,(H,36,39)(H,37,38)/b19-17-. The van der Waals surface area contributed by atoms with Crippen molar-refractivity contribution < 1.29 is 23.1 Å². The van der Waals surface area contributed by atoms with Crippen LogP contribution >= 0.6 is 11.8 Å². The molecule has 1 aliphatic carbocycles. The number of nitrogens with one attached hydrogen (secondary N) is 2. The number of halogens is 1. The third kappa shape index (κ3) is 5.39. The third-order valence-corrected chi connectivity index (χ3v) is 8.60. The van der Waals surface area contributed by atoms with Crippen LogP contribution in [0.5, 0.6) is 5.75 Å². The Morgan fingerprint density at radius 1 is 1.10 bits per heavy atom. The fourth-order valence-electron chi connectivity index (χ4n) is 4.97. The van der Waals surface area contributed by atoms with Crippen molar-refractivity contribution in [2.75, 3.05) is 14.2 Å². The van der Waals surface area contributed by atoms with Crippen molar-refractivity contribution in [1.82, 2.24) is 10.6 Å². The molecule has 4 aromatic rings. The van der Waals surface area contributed by atoms with Crippen LogP contribution < -0.4 is 21.1 Å². The summed E-state index contributed by atoms with van der Waals surface area (Å²) in [4.78, 5) is 28.4. The summed E-state index contributed by atoms with van der Waals surface area (Å²) in [5.74, 6) is -0.179. The maximum absolute atomic E-state index is 13.6. The van der Waals surface area contributed by atoms with Crippen LogP contribution in [0.15, 0.2) is 81.6 Å². The zero-order valence-electron chi connectivity index (χ0n) is 23.9. The van der Waals surface area contributed by atoms with Gasteiger partial charge in [0.15, 0.2) is 0 Å². The predicted molar refractivity (Wildman–Crippen MR) is 166 cm³/mol. The van der Waals surface area contributed by atoms with Gasteiger partial charge in [-0.2, -0.15) is 0 Å². The van der Waals surface area contributed by atoms with Gasteiger partial charge in [-0.25, -0.2) is 4.39 Å². The maximum atomic E-state index is 13.6. The van der Waals surface area contributed by atoms with E-state index >= 15 is 0 Å². The number of hydrogen-bond acceptors (Lipinski definition) is 6. The molecule has 0 spiro atoms. The zero-order chi connectivity index (χ0) is 30.2. The van der Waals surface area contributed by atoms with Crippen LogP contribution in [0, 0.1) is 12.7 Å². The number of aryl methyl sites for hydroxylation is 1. The Morgan fingerprint density at radius 3 is 2.40 bits per heavy atom. The number of carbonyl (C=O) groups is 2. The van der Waals surface area contributed by atoms with Crippen molar-refractivity contribution in [3.63, 3.8) is 0 Å². The van der Waals surface area contributed by atoms with Gasteiger partial charge in [0.25, 0.3) is 11.8 Å². The van der Waals surface area contributed by atoms with E-state index in [9.17, 15) is 14.0 Å². The van der Waals surface area contributed by atoms with E-state index in [2.05, 4.69) is 17.2 Å². The number of amides is 2. The van der Waals surface area contributed by atoms with Crippen molar-refractivity contribution in [2.45, 2.75) is 32.2 Å². The second-order valence-corrected chi connectivity index (χ2v) is 11.7. The van der Waals surface area contributed by atoms with Gasteiger partial charge in [-0.05, 0) is 91.9 Å². The molecule has 2 amide bonds. The molecular weight excluding hydrogens is 553 g/mol. The Kier molecular flexibility index (Phi) is 7.88. The van der Waals surface area contributed by atoms with Gasteiger partial charge in [-0.1, -0.05) is 24.4 Å². The van der Waals surface area contributed by atoms with Crippen molar-refractivity contribution in [3.05, 3.63) is 99.7 Å². The minimum atomic E-state index is -0.503. The van der Waals surface area contributed by atoms with Gasteiger partial charge >= 0.3 is 0 Å². The Bertz CT molecular complexity index is 1750. The average Bonchev–Trinajstić information content (AvgIpc) is 3.68. The smallest absolute Gasteiger partial charge is 0.255 e. The first-order valence-electron chi connectivity index (χ1n) is 13.4. The molecule has 1 aliphatic rings. The van der Waals surface area contributed by atoms with Crippen LogP contribution in [0.1, 0.15) is 46.0 Å². The summed E-state index contributed by atoms with van der Waals surface area (Å²) >= 11 is 1.46. The van der Waals surface area contributed by atoms with Crippen LogP contribution in [0.2, 0.25) is 0 Å². The predicted octanol–water partition coefficient (Wildman–Crippen LogP) is 6.91. The molecule has 5 rings (SSSR count). The van der Waals surface area contributed by atoms with Gasteiger partial charge < -0.3 is 25.5 Å². The number of thioether (sulfide) groups is 1. The molecule has 4 N–H and O–H groups in total. The SMILES string of the molecule is C=C(S/C(C)=C\N)C1(NC(=O)c2cc(-c3ccc4oc(-c5ccc(F)cc5)c(C(=O)NC)c4c3)c(C)cc2OC)CC1. The molecule has 0 unspecified atom stereocenters. The van der Waals surface area contributed by atoms with Crippen molar-refractivity contribution in [2.24, 2.45) is 5.73 Å². The number of methoxy groups -OCH3 is 1. The summed E-state index contributed by atoms with van der Waals surface area (Å²) in [7, 11) is 3.08. The monoisotopic (exact) mass is 585 g/mol. The van der Waals surface area contributed by atoms with E-state index < -0.39 is 5.54 Å². The largest absolute Gasteiger partial charge is 0.496 e. The summed E-state index contributed by atoms with van der Waals surface area (Å²) in [5.41, 5.74) is 9.43. The quantitative estimate of drug-likeness (QED) is 0.197. The Morgan fingerprint density at radius 2 is 1.79 bits per heavy atom. The summed E-state index contributed by atoms with van der Waals surface area (Å²) < 4.78 is 25.3. The molecule has 1 aromatic heterocycles. The zero-order valence-corrected chi connectivity index (χ0v) is 24.7. The van der Waals surface area contributed by atoms with Gasteiger partial charge in [-0.3, -0.25) is 9.59 Å². The van der Waals surface area contributed by atoms with Crippen LogP contribution in [0.25, 0.3) is 33.4 Å². The van der Waals surface area contributed by atoms with Crippen LogP contribution in [0.4, 0.5) is 4.39 Å². The number of furan rings is 1. The fraction of sp³-hybridized carbons (Fsp3) is 0.212. The number of hydrogen-bond donors (Lipinski definition) is 3. The highest BCUT2D eigenvalue weighted by molar-refractivity contribution is 8.06. The number of benzene rings is 3. The summed E-state index contributed by atoms with van der Waals surface area (Å²) in [6, 6.07) is 15.0. The number of ether oxygens (including phenoxy) is 1. The second-order valence-electron chi connectivity index (χ2n) is 10.3. The molecule has 7 nitrogen and oxygen atoms in total. The molecule has 1 saturated carbocycles. The lowest BCUT2D eigenvalue weighted by Gasteiger charge is -2.21. The minimum absolute atomic E-state index is 0.268. The fourth-order valence-corrected chi connectivity index (χ4v) is 5.88. The molecule has 0 atom stereocenters. The van der Waals surface area contributed by atoms with Crippen LogP contribution in [0.3, 0.4) is 0 Å². The van der Waals surface area contributed by atoms with Gasteiger partial charge in [-0.15, -0.1) is 0 Å². The maximum Gasteiger partial charge on any atom is 0.255 e. The minimum Gasteiger partial charge on any atom is -0.496 e. The first-order chi connectivity index (χ1) is 20.1. The summed E-state index contributed by atoms with van der Waals surface area (Å²) in [6.45, 7) is 8.03. The van der Waals surface area contributed by atoms with Crippen LogP contribution in [-0.4, -0.2) is 31.5 Å². The number of rotatable bonds is 9. The lowest BCUT2D eigenvalue weighted by atomic mass is 9.95. The molecule has 0 saturated heterocycles. The normalized spacial score (nSPS) is 14.0. The summed E-state index contributed by atoms with van der Waals surface area (Å²) in [5, 5.41) is 6.45. The lowest BCUT2D eigenvalue weighted by molar-refractivity contribution is 0.0934. The molecule has 1 heterocycles. The molecule has 3 aromatic carbocycles. The van der Waals surface area contributed by atoms with E-state index in [0.717, 1.165) is 39.3 Å². The van der Waals surface area contributed by atoms with Gasteiger partial charge in [0, 0.05) is 34.0 Å². The van der Waals surface area contributed by atoms with E-state index in [1.165, 1.54) is 37.2 Å². The Balaban J connectivity index is 1.56. The Labute approximate surface area is 248 Å². The topological polar surface area (TPSA) is 107 Å². The highest BCUT2D eigenvalue weighted by Crippen LogP contribution is 2.48. The van der Waals surface area contributed by atoms with Gasteiger partial charge in [0.2, 0.25) is 0 Å². The number of allylic oxidation sites excluding steroid dienone is 1. The molecule has 0 aliphatic heterocycles. The van der Waals surface area contributed by atoms with Crippen molar-refractivity contribution in [3.8, 4) is 28.2 Å². The second kappa shape index (κ2) is 11.4. The molecule has 0 bridgehead atoms. The van der Waals surface area contributed by atoms with Crippen molar-refractivity contribution >= 4 is 34.5 Å². The first kappa shape index (κ1) is 29.0. The van der Waals surface area contributed by atoms with Gasteiger partial charge in [0.1, 0.15) is 22.9 Å². The average molecular weight is 586 g/mol. The van der Waals surface area contributed by atoms with E-state index in [4.69, 9.17) is 14.9 Å². The number of nitrogens with two attached hydrogens (primary N) is 1. The number of carbonyl (C=O) groups excluding carboxylic acids is 2. The number of fused-ring (bicyclic) bond motifs is 1. The molecule has 42 heavy (non-hydrogen) atoms. The highest BCUT2D eigenvalue weighted by Gasteiger charge is 2.47. The molecule has 0 radical (unpaired) electrons. The van der Waals surface area contributed by atoms with E-state index in [1.54, 1.807) is 25.2 Å². The summed E-state index contributed by atoms with van der Waals surface area (Å²) in [6.07, 6.45) is 3.11. The highest BCUT2D eigenvalue weighted by atomic mass is 32.2. The first-order valence-corrected chi connectivity index (χ1v) is 14.2. The lowest BCUT2D eigenvalue weighted by Crippen LogP contribution is -2.37. The molecule has 9 heteroatoms. The molecule has 216 valence electrons. The van der Waals surface area contributed by atoms with Gasteiger partial charge in [0.05, 0.1) is 23.8 Å². The van der Waals surface area contributed by atoms with E-state index in [0.29, 0.717) is 39.2 Å². The van der Waals surface area contributed by atoms with Crippen LogP contribution in [-0.2, 0) is 0 Å². The van der Waals surface area contributed by atoms with E-state index in [1.807, 2.05) is 38.1 Å². The third-order valence-electron chi connectivity index (χ3n) is 7.51. The molecular formula is C33H32FN3O4S. The van der Waals surface area contributed by atoms with E-state index in [-0.39, 0.29) is 17.6 Å². The van der Waals surface area contributed by atoms with Crippen molar-refractivity contribution in [1.29, 1.82) is 0 Å². The Hall–Kier alpha value is -4.50. The molecule has 1 fully saturated rings.